The number of rotatable bonds is 11. The Morgan fingerprint density at radius 1 is 0.921 bits per heavy atom. The van der Waals surface area contributed by atoms with Gasteiger partial charge in [-0.15, -0.1) is 0 Å². The number of benzene rings is 3. The Labute approximate surface area is 223 Å². The summed E-state index contributed by atoms with van der Waals surface area (Å²) >= 11 is 0. The van der Waals surface area contributed by atoms with E-state index in [1.54, 1.807) is 16.9 Å². The smallest absolute Gasteiger partial charge is 0.254 e. The Balaban J connectivity index is 1.58. The van der Waals surface area contributed by atoms with E-state index in [0.717, 1.165) is 22.0 Å². The summed E-state index contributed by atoms with van der Waals surface area (Å²) in [6, 6.07) is 21.2. The molecular weight excluding hydrogens is 481 g/mol. The third kappa shape index (κ3) is 6.59. The molecule has 1 heterocycles. The normalized spacial score (nSPS) is 11.1. The van der Waals surface area contributed by atoms with Crippen LogP contribution >= 0.6 is 0 Å². The van der Waals surface area contributed by atoms with E-state index in [1.165, 1.54) is 24.3 Å². The first-order valence-corrected chi connectivity index (χ1v) is 12.8. The first kappa shape index (κ1) is 26.9. The molecule has 0 radical (unpaired) electrons. The highest BCUT2D eigenvalue weighted by molar-refractivity contribution is 5.96. The van der Waals surface area contributed by atoms with Crippen LogP contribution in [0.25, 0.3) is 10.9 Å². The van der Waals surface area contributed by atoms with Gasteiger partial charge in [0.05, 0.1) is 7.11 Å². The van der Waals surface area contributed by atoms with Gasteiger partial charge in [-0.2, -0.15) is 0 Å². The fraction of sp³-hybridized carbons (Fsp3) is 0.290. The van der Waals surface area contributed by atoms with Gasteiger partial charge in [0.25, 0.3) is 5.91 Å². The van der Waals surface area contributed by atoms with Gasteiger partial charge >= 0.3 is 0 Å². The molecule has 1 aromatic heterocycles. The van der Waals surface area contributed by atoms with E-state index in [9.17, 15) is 14.0 Å². The number of ether oxygens (including phenoxy) is 1. The highest BCUT2D eigenvalue weighted by atomic mass is 19.1. The first-order valence-electron chi connectivity index (χ1n) is 12.8. The topological polar surface area (TPSA) is 65.6 Å². The second kappa shape index (κ2) is 12.4. The van der Waals surface area contributed by atoms with Gasteiger partial charge in [-0.25, -0.2) is 4.39 Å². The standard InChI is InChI=1S/C31H34FN3O3/c1-22(2)19-35(31(37)23-12-14-26(32)15-13-23)21-30(36)34(20-25-8-4-7-11-29(25)38-3)17-16-24-18-33-28-10-6-5-9-27(24)28/h4-15,18,22,33H,16-17,19-21H2,1-3H3. The van der Waals surface area contributed by atoms with Crippen molar-refractivity contribution in [1.29, 1.82) is 0 Å². The lowest BCUT2D eigenvalue weighted by atomic mass is 10.1. The van der Waals surface area contributed by atoms with Crippen LogP contribution in [-0.4, -0.2) is 53.3 Å². The van der Waals surface area contributed by atoms with Crippen molar-refractivity contribution in [2.75, 3.05) is 26.7 Å². The van der Waals surface area contributed by atoms with Crippen LogP contribution in [0.1, 0.15) is 35.3 Å². The maximum atomic E-state index is 13.8. The molecule has 0 aliphatic heterocycles. The number of carbonyl (C=O) groups is 2. The first-order chi connectivity index (χ1) is 18.4. The Bertz CT molecular complexity index is 1380. The van der Waals surface area contributed by atoms with Crippen LogP contribution < -0.4 is 4.74 Å². The molecule has 7 heteroatoms. The van der Waals surface area contributed by atoms with Crippen molar-refractivity contribution in [2.24, 2.45) is 5.92 Å². The minimum Gasteiger partial charge on any atom is -0.496 e. The molecule has 0 atom stereocenters. The van der Waals surface area contributed by atoms with E-state index in [1.807, 2.05) is 62.5 Å². The maximum absolute atomic E-state index is 13.8. The van der Waals surface area contributed by atoms with E-state index in [2.05, 4.69) is 11.1 Å². The SMILES string of the molecule is COc1ccccc1CN(CCc1c[nH]c2ccccc12)C(=O)CN(CC(C)C)C(=O)c1ccc(F)cc1. The van der Waals surface area contributed by atoms with Crippen molar-refractivity contribution in [3.63, 3.8) is 0 Å². The van der Waals surface area contributed by atoms with Gasteiger partial charge in [0, 0.05) is 47.9 Å². The van der Waals surface area contributed by atoms with E-state index in [-0.39, 0.29) is 24.3 Å². The number of aromatic nitrogens is 1. The summed E-state index contributed by atoms with van der Waals surface area (Å²) in [5, 5.41) is 1.13. The molecule has 2 amide bonds. The predicted octanol–water partition coefficient (Wildman–Crippen LogP) is 5.69. The highest BCUT2D eigenvalue weighted by Gasteiger charge is 2.24. The lowest BCUT2D eigenvalue weighted by molar-refractivity contribution is -0.132. The van der Waals surface area contributed by atoms with Gasteiger partial charge in [0.15, 0.2) is 0 Å². The number of fused-ring (bicyclic) bond motifs is 1. The number of nitrogens with zero attached hydrogens (tertiary/aromatic N) is 2. The second-order valence-corrected chi connectivity index (χ2v) is 9.82. The van der Waals surface area contributed by atoms with E-state index in [4.69, 9.17) is 4.74 Å². The quantitative estimate of drug-likeness (QED) is 0.279. The number of hydrogen-bond acceptors (Lipinski definition) is 3. The Hall–Kier alpha value is -4.13. The summed E-state index contributed by atoms with van der Waals surface area (Å²) in [4.78, 5) is 33.7. The summed E-state index contributed by atoms with van der Waals surface area (Å²) in [5.41, 5.74) is 3.43. The van der Waals surface area contributed by atoms with Gasteiger partial charge in [0.2, 0.25) is 5.91 Å². The molecule has 4 aromatic rings. The fourth-order valence-electron chi connectivity index (χ4n) is 4.62. The minimum atomic E-state index is -0.409. The molecule has 0 saturated carbocycles. The van der Waals surface area contributed by atoms with Crippen molar-refractivity contribution in [1.82, 2.24) is 14.8 Å². The molecule has 198 valence electrons. The number of amides is 2. The zero-order valence-corrected chi connectivity index (χ0v) is 22.1. The summed E-state index contributed by atoms with van der Waals surface area (Å²) in [6.45, 7) is 5.16. The minimum absolute atomic E-state index is 0.0720. The van der Waals surface area contributed by atoms with E-state index >= 15 is 0 Å². The van der Waals surface area contributed by atoms with E-state index < -0.39 is 5.82 Å². The average Bonchev–Trinajstić information content (AvgIpc) is 3.33. The van der Waals surface area contributed by atoms with Crippen LogP contribution in [0.4, 0.5) is 4.39 Å². The van der Waals surface area contributed by atoms with Crippen LogP contribution in [-0.2, 0) is 17.8 Å². The van der Waals surface area contributed by atoms with E-state index in [0.29, 0.717) is 37.4 Å². The third-order valence-corrected chi connectivity index (χ3v) is 6.52. The van der Waals surface area contributed by atoms with Crippen LogP contribution in [0.5, 0.6) is 5.75 Å². The molecule has 0 aliphatic carbocycles. The molecule has 0 fully saturated rings. The van der Waals surface area contributed by atoms with Gasteiger partial charge in [-0.1, -0.05) is 50.2 Å². The van der Waals surface area contributed by atoms with Gasteiger partial charge in [0.1, 0.15) is 18.1 Å². The average molecular weight is 516 g/mol. The third-order valence-electron chi connectivity index (χ3n) is 6.52. The number of hydrogen-bond donors (Lipinski definition) is 1. The highest BCUT2D eigenvalue weighted by Crippen LogP contribution is 2.22. The number of para-hydroxylation sites is 2. The molecule has 0 spiro atoms. The Morgan fingerprint density at radius 2 is 1.63 bits per heavy atom. The second-order valence-electron chi connectivity index (χ2n) is 9.82. The molecule has 0 saturated heterocycles. The van der Waals surface area contributed by atoms with Crippen molar-refractivity contribution in [2.45, 2.75) is 26.8 Å². The van der Waals surface area contributed by atoms with Crippen molar-refractivity contribution in [3.05, 3.63) is 102 Å². The summed E-state index contributed by atoms with van der Waals surface area (Å²) in [7, 11) is 1.61. The molecule has 1 N–H and O–H groups in total. The zero-order valence-electron chi connectivity index (χ0n) is 22.1. The largest absolute Gasteiger partial charge is 0.496 e. The van der Waals surface area contributed by atoms with Crippen molar-refractivity contribution < 1.29 is 18.7 Å². The van der Waals surface area contributed by atoms with Crippen LogP contribution in [0.3, 0.4) is 0 Å². The zero-order chi connectivity index (χ0) is 27.1. The lowest BCUT2D eigenvalue weighted by Crippen LogP contribution is -2.44. The summed E-state index contributed by atoms with van der Waals surface area (Å²) < 4.78 is 19.0. The molecule has 0 unspecified atom stereocenters. The van der Waals surface area contributed by atoms with Crippen LogP contribution in [0, 0.1) is 11.7 Å². The number of H-pyrrole nitrogens is 1. The van der Waals surface area contributed by atoms with Crippen molar-refractivity contribution in [3.8, 4) is 5.75 Å². The monoisotopic (exact) mass is 515 g/mol. The van der Waals surface area contributed by atoms with Crippen LogP contribution in [0.15, 0.2) is 79.0 Å². The molecule has 6 nitrogen and oxygen atoms in total. The van der Waals surface area contributed by atoms with Crippen molar-refractivity contribution >= 4 is 22.7 Å². The number of nitrogens with one attached hydrogen (secondary N) is 1. The molecule has 4 rings (SSSR count). The molecule has 3 aromatic carbocycles. The molecular formula is C31H34FN3O3. The molecule has 0 aliphatic rings. The van der Waals surface area contributed by atoms with Gasteiger partial charge in [-0.3, -0.25) is 9.59 Å². The number of methoxy groups -OCH3 is 1. The number of aromatic amines is 1. The van der Waals surface area contributed by atoms with Gasteiger partial charge < -0.3 is 19.5 Å². The fourth-order valence-corrected chi connectivity index (χ4v) is 4.62. The maximum Gasteiger partial charge on any atom is 0.254 e. The molecule has 38 heavy (non-hydrogen) atoms. The Kier molecular flexibility index (Phi) is 8.79. The number of halogens is 1. The summed E-state index contributed by atoms with van der Waals surface area (Å²) in [5.74, 6) is 0.000912. The summed E-state index contributed by atoms with van der Waals surface area (Å²) in [6.07, 6.45) is 2.64. The number of carbonyl (C=O) groups excluding carboxylic acids is 2. The molecule has 0 bridgehead atoms. The van der Waals surface area contributed by atoms with Gasteiger partial charge in [-0.05, 0) is 54.3 Å². The van der Waals surface area contributed by atoms with Crippen LogP contribution in [0.2, 0.25) is 0 Å². The Morgan fingerprint density at radius 3 is 2.37 bits per heavy atom. The predicted molar refractivity (Wildman–Crippen MR) is 148 cm³/mol. The lowest BCUT2D eigenvalue weighted by Gasteiger charge is -2.29.